The van der Waals surface area contributed by atoms with E-state index in [9.17, 15) is 18.4 Å². The molecule has 8 nitrogen and oxygen atoms in total. The zero-order valence-corrected chi connectivity index (χ0v) is 20.2. The first-order valence-electron chi connectivity index (χ1n) is 11.4. The van der Waals surface area contributed by atoms with Crippen molar-refractivity contribution in [2.24, 2.45) is 5.92 Å². The highest BCUT2D eigenvalue weighted by atomic mass is 32.1. The number of rotatable bonds is 8. The number of halogens is 2. The van der Waals surface area contributed by atoms with Gasteiger partial charge in [0.1, 0.15) is 16.9 Å². The summed E-state index contributed by atoms with van der Waals surface area (Å²) in [6.07, 6.45) is 5.72. The molecule has 1 aliphatic carbocycles. The zero-order valence-electron chi connectivity index (χ0n) is 19.4. The molecule has 2 heterocycles. The molecule has 1 saturated carbocycles. The van der Waals surface area contributed by atoms with Gasteiger partial charge in [-0.15, -0.1) is 10.2 Å². The van der Waals surface area contributed by atoms with Gasteiger partial charge in [0.15, 0.2) is 5.82 Å². The second-order valence-corrected chi connectivity index (χ2v) is 9.83. The molecule has 11 heteroatoms. The normalized spacial score (nSPS) is 14.5. The van der Waals surface area contributed by atoms with E-state index in [2.05, 4.69) is 31.1 Å². The van der Waals surface area contributed by atoms with Gasteiger partial charge in [-0.3, -0.25) is 19.9 Å². The lowest BCUT2D eigenvalue weighted by molar-refractivity contribution is -0.118. The summed E-state index contributed by atoms with van der Waals surface area (Å²) in [6.45, 7) is 3.47. The Kier molecular flexibility index (Phi) is 7.64. The number of anilines is 3. The lowest BCUT2D eigenvalue weighted by Crippen LogP contribution is -2.44. The highest BCUT2D eigenvalue weighted by molar-refractivity contribution is 7.15. The van der Waals surface area contributed by atoms with E-state index < -0.39 is 23.6 Å². The summed E-state index contributed by atoms with van der Waals surface area (Å²) in [5, 5.41) is 17.1. The van der Waals surface area contributed by atoms with Gasteiger partial charge in [0.05, 0.1) is 17.6 Å². The third-order valence-corrected chi connectivity index (χ3v) is 6.67. The van der Waals surface area contributed by atoms with Crippen LogP contribution in [0.1, 0.15) is 53.2 Å². The monoisotopic (exact) mass is 500 g/mol. The number of carbonyl (C=O) groups excluding carboxylic acids is 2. The molecule has 1 aromatic carbocycles. The molecule has 0 aliphatic heterocycles. The Morgan fingerprint density at radius 3 is 2.54 bits per heavy atom. The first-order chi connectivity index (χ1) is 16.8. The fourth-order valence-corrected chi connectivity index (χ4v) is 4.73. The third-order valence-electron chi connectivity index (χ3n) is 5.91. The number of carbonyl (C=O) groups is 2. The smallest absolute Gasteiger partial charge is 0.252 e. The predicted octanol–water partition coefficient (Wildman–Crippen LogP) is 4.89. The summed E-state index contributed by atoms with van der Waals surface area (Å²) in [7, 11) is 0. The van der Waals surface area contributed by atoms with Gasteiger partial charge < -0.3 is 10.6 Å². The van der Waals surface area contributed by atoms with Crippen LogP contribution in [0, 0.1) is 31.4 Å². The first-order valence-corrected chi connectivity index (χ1v) is 12.2. The van der Waals surface area contributed by atoms with E-state index in [4.69, 9.17) is 0 Å². The number of nitrogens with one attached hydrogen (secondary N) is 3. The molecular formula is C24H26F2N6O2S. The Bertz CT molecular complexity index is 1230. The minimum atomic E-state index is -0.795. The zero-order chi connectivity index (χ0) is 24.9. The maximum Gasteiger partial charge on any atom is 0.252 e. The van der Waals surface area contributed by atoms with E-state index in [0.717, 1.165) is 37.9 Å². The number of aromatic nitrogens is 3. The van der Waals surface area contributed by atoms with Crippen LogP contribution in [0.4, 0.5) is 25.3 Å². The topological polar surface area (TPSA) is 109 Å². The second kappa shape index (κ2) is 10.9. The van der Waals surface area contributed by atoms with E-state index in [1.807, 2.05) is 0 Å². The molecule has 4 rings (SSSR count). The van der Waals surface area contributed by atoms with Crippen molar-refractivity contribution in [1.82, 2.24) is 20.5 Å². The molecule has 1 unspecified atom stereocenters. The molecule has 0 radical (unpaired) electrons. The van der Waals surface area contributed by atoms with Crippen LogP contribution in [0.25, 0.3) is 0 Å². The molecular weight excluding hydrogens is 474 g/mol. The number of benzene rings is 1. The van der Waals surface area contributed by atoms with Crippen LogP contribution in [0.2, 0.25) is 0 Å². The van der Waals surface area contributed by atoms with Crippen molar-refractivity contribution in [3.8, 4) is 0 Å². The van der Waals surface area contributed by atoms with Crippen LogP contribution in [0.3, 0.4) is 0 Å². The average molecular weight is 501 g/mol. The number of nitrogens with zero attached hydrogens (tertiary/aromatic N) is 3. The number of aryl methyl sites for hydroxylation is 2. The van der Waals surface area contributed by atoms with Crippen LogP contribution in [0.5, 0.6) is 0 Å². The molecule has 184 valence electrons. The Labute approximate surface area is 205 Å². The summed E-state index contributed by atoms with van der Waals surface area (Å²) in [4.78, 5) is 29.9. The predicted molar refractivity (Wildman–Crippen MR) is 130 cm³/mol. The number of hydrogen-bond acceptors (Lipinski definition) is 7. The van der Waals surface area contributed by atoms with Gasteiger partial charge in [-0.1, -0.05) is 37.0 Å². The molecule has 0 bridgehead atoms. The van der Waals surface area contributed by atoms with Gasteiger partial charge in [0.2, 0.25) is 11.0 Å². The van der Waals surface area contributed by atoms with Gasteiger partial charge in [-0.25, -0.2) is 8.78 Å². The molecule has 1 aliphatic rings. The van der Waals surface area contributed by atoms with E-state index in [-0.39, 0.29) is 22.8 Å². The van der Waals surface area contributed by atoms with Crippen LogP contribution >= 0.6 is 11.3 Å². The van der Waals surface area contributed by atoms with E-state index in [0.29, 0.717) is 28.2 Å². The highest BCUT2D eigenvalue weighted by Gasteiger charge is 2.28. The maximum atomic E-state index is 14.4. The highest BCUT2D eigenvalue weighted by Crippen LogP contribution is 2.29. The molecule has 2 aromatic heterocycles. The van der Waals surface area contributed by atoms with Crippen LogP contribution in [0.15, 0.2) is 30.5 Å². The van der Waals surface area contributed by atoms with E-state index in [1.54, 1.807) is 13.8 Å². The van der Waals surface area contributed by atoms with Crippen molar-refractivity contribution < 1.29 is 18.4 Å². The van der Waals surface area contributed by atoms with Crippen molar-refractivity contribution in [2.45, 2.75) is 52.0 Å². The second-order valence-electron chi connectivity index (χ2n) is 8.65. The van der Waals surface area contributed by atoms with Gasteiger partial charge in [0, 0.05) is 11.3 Å². The minimum Gasteiger partial charge on any atom is -0.351 e. The van der Waals surface area contributed by atoms with Crippen molar-refractivity contribution in [3.05, 3.63) is 58.4 Å². The van der Waals surface area contributed by atoms with Crippen molar-refractivity contribution in [2.75, 3.05) is 10.6 Å². The van der Waals surface area contributed by atoms with Gasteiger partial charge in [-0.05, 0) is 50.5 Å². The van der Waals surface area contributed by atoms with E-state index >= 15 is 0 Å². The maximum absolute atomic E-state index is 14.4. The summed E-state index contributed by atoms with van der Waals surface area (Å²) in [6, 6.07) is 4.38. The Hall–Kier alpha value is -3.47. The summed E-state index contributed by atoms with van der Waals surface area (Å²) in [5.41, 5.74) is 0.661. The Morgan fingerprint density at radius 2 is 1.83 bits per heavy atom. The molecule has 2 amide bonds. The van der Waals surface area contributed by atoms with Crippen LogP contribution in [-0.2, 0) is 4.79 Å². The van der Waals surface area contributed by atoms with Gasteiger partial charge in [0.25, 0.3) is 5.91 Å². The van der Waals surface area contributed by atoms with Crippen LogP contribution in [-0.4, -0.2) is 33.0 Å². The number of hydrogen-bond donors (Lipinski definition) is 3. The third kappa shape index (κ3) is 6.36. The molecule has 1 atom stereocenters. The lowest BCUT2D eigenvalue weighted by Gasteiger charge is -2.21. The van der Waals surface area contributed by atoms with Crippen molar-refractivity contribution in [3.63, 3.8) is 0 Å². The van der Waals surface area contributed by atoms with Crippen LogP contribution < -0.4 is 16.0 Å². The lowest BCUT2D eigenvalue weighted by atomic mass is 9.97. The first kappa shape index (κ1) is 24.6. The van der Waals surface area contributed by atoms with Gasteiger partial charge >= 0.3 is 0 Å². The molecule has 0 spiro atoms. The summed E-state index contributed by atoms with van der Waals surface area (Å²) < 4.78 is 28.5. The minimum absolute atomic E-state index is 0.0415. The number of pyridine rings is 1. The Balaban J connectivity index is 1.51. The molecule has 35 heavy (non-hydrogen) atoms. The summed E-state index contributed by atoms with van der Waals surface area (Å²) in [5.74, 6) is -1.89. The van der Waals surface area contributed by atoms with Crippen molar-refractivity contribution >= 4 is 39.7 Å². The molecule has 1 fully saturated rings. The SMILES string of the molecule is Cc1cc(Nc2cc(C(=O)NC(CC3CCCC3)C(=O)Nc3nnc(C)s3)ccc2F)c(F)cn1. The van der Waals surface area contributed by atoms with Crippen molar-refractivity contribution in [1.29, 1.82) is 0 Å². The Morgan fingerprint density at radius 1 is 1.09 bits per heavy atom. The standard InChI is InChI=1S/C24H26F2N6O2S/c1-13-9-19(18(26)12-27-13)28-20-11-16(7-8-17(20)25)22(33)29-21(10-15-5-3-4-6-15)23(34)30-24-32-31-14(2)35-24/h7-9,11-12,15,21H,3-6,10H2,1-2H3,(H,27,28)(H,29,33)(H,30,32,34). The summed E-state index contributed by atoms with van der Waals surface area (Å²) >= 11 is 1.25. The fourth-order valence-electron chi connectivity index (χ4n) is 4.14. The average Bonchev–Trinajstić information content (AvgIpc) is 3.48. The van der Waals surface area contributed by atoms with Gasteiger partial charge in [-0.2, -0.15) is 0 Å². The molecule has 3 aromatic rings. The molecule has 0 saturated heterocycles. The van der Waals surface area contributed by atoms with E-state index in [1.165, 1.54) is 29.5 Å². The quantitative estimate of drug-likeness (QED) is 0.406. The molecule has 3 N–H and O–H groups in total. The number of amides is 2. The fraction of sp³-hybridized carbons (Fsp3) is 0.375. The largest absolute Gasteiger partial charge is 0.351 e.